The smallest absolute Gasteiger partial charge is 0.260 e. The Labute approximate surface area is 100 Å². The molecule has 0 radical (unpaired) electrons. The highest BCUT2D eigenvalue weighted by atomic mass is 16.5. The standard InChI is InChI=1S/C13H14N2O2/c14-9-11-3-5-12(6-4-11)17-10-13(16)15-7-1-2-8-15/h3-6H,1-2,7-8,10H2. The molecule has 1 saturated heterocycles. The van der Waals surface area contributed by atoms with Crippen molar-refractivity contribution in [2.75, 3.05) is 19.7 Å². The Morgan fingerprint density at radius 3 is 2.53 bits per heavy atom. The van der Waals surface area contributed by atoms with Gasteiger partial charge in [-0.05, 0) is 37.1 Å². The number of nitrogens with zero attached hydrogens (tertiary/aromatic N) is 2. The maximum atomic E-state index is 11.7. The summed E-state index contributed by atoms with van der Waals surface area (Å²) in [6.07, 6.45) is 2.17. The fraction of sp³-hybridized carbons (Fsp3) is 0.385. The van der Waals surface area contributed by atoms with Crippen LogP contribution in [0.1, 0.15) is 18.4 Å². The van der Waals surface area contributed by atoms with Gasteiger partial charge < -0.3 is 9.64 Å². The van der Waals surface area contributed by atoms with Gasteiger partial charge in [0.15, 0.2) is 6.61 Å². The summed E-state index contributed by atoms with van der Waals surface area (Å²) in [6, 6.07) is 8.79. The highest BCUT2D eigenvalue weighted by Gasteiger charge is 2.17. The number of ether oxygens (including phenoxy) is 1. The first-order valence-electron chi connectivity index (χ1n) is 5.70. The summed E-state index contributed by atoms with van der Waals surface area (Å²) >= 11 is 0. The summed E-state index contributed by atoms with van der Waals surface area (Å²) in [5.74, 6) is 0.656. The monoisotopic (exact) mass is 230 g/mol. The first-order valence-corrected chi connectivity index (χ1v) is 5.70. The third-order valence-electron chi connectivity index (χ3n) is 2.80. The Kier molecular flexibility index (Phi) is 3.61. The van der Waals surface area contributed by atoms with Crippen LogP contribution < -0.4 is 4.74 Å². The Bertz CT molecular complexity index is 428. The van der Waals surface area contributed by atoms with Crippen molar-refractivity contribution in [2.24, 2.45) is 0 Å². The molecule has 1 fully saturated rings. The number of nitriles is 1. The van der Waals surface area contributed by atoms with Crippen LogP contribution in [0.4, 0.5) is 0 Å². The van der Waals surface area contributed by atoms with E-state index in [0.29, 0.717) is 11.3 Å². The Balaban J connectivity index is 1.84. The summed E-state index contributed by atoms with van der Waals surface area (Å²) in [7, 11) is 0. The van der Waals surface area contributed by atoms with Crippen molar-refractivity contribution in [3.8, 4) is 11.8 Å². The zero-order valence-electron chi connectivity index (χ0n) is 9.56. The van der Waals surface area contributed by atoms with Crippen LogP contribution >= 0.6 is 0 Å². The number of carbonyl (C=O) groups excluding carboxylic acids is 1. The molecule has 0 atom stereocenters. The minimum Gasteiger partial charge on any atom is -0.484 e. The van der Waals surface area contributed by atoms with Gasteiger partial charge in [0.2, 0.25) is 0 Å². The molecule has 88 valence electrons. The number of hydrogen-bond acceptors (Lipinski definition) is 3. The van der Waals surface area contributed by atoms with Crippen molar-refractivity contribution < 1.29 is 9.53 Å². The van der Waals surface area contributed by atoms with Crippen LogP contribution in [-0.2, 0) is 4.79 Å². The molecule has 0 saturated carbocycles. The van der Waals surface area contributed by atoms with Gasteiger partial charge in [-0.2, -0.15) is 5.26 Å². The molecule has 1 heterocycles. The van der Waals surface area contributed by atoms with E-state index in [2.05, 4.69) is 0 Å². The van der Waals surface area contributed by atoms with Crippen molar-refractivity contribution >= 4 is 5.91 Å². The minimum atomic E-state index is 0.0341. The molecule has 0 bridgehead atoms. The lowest BCUT2D eigenvalue weighted by Gasteiger charge is -2.15. The molecule has 1 aliphatic rings. The fourth-order valence-electron chi connectivity index (χ4n) is 1.83. The number of benzene rings is 1. The van der Waals surface area contributed by atoms with E-state index in [-0.39, 0.29) is 12.5 Å². The molecule has 0 aliphatic carbocycles. The van der Waals surface area contributed by atoms with Crippen molar-refractivity contribution in [1.82, 2.24) is 4.90 Å². The van der Waals surface area contributed by atoms with E-state index >= 15 is 0 Å². The molecule has 2 rings (SSSR count). The lowest BCUT2D eigenvalue weighted by atomic mass is 10.2. The predicted octanol–water partition coefficient (Wildman–Crippen LogP) is 1.56. The Hall–Kier alpha value is -2.02. The van der Waals surface area contributed by atoms with E-state index < -0.39 is 0 Å². The summed E-state index contributed by atoms with van der Waals surface area (Å²) in [4.78, 5) is 13.5. The molecule has 17 heavy (non-hydrogen) atoms. The van der Waals surface area contributed by atoms with Crippen LogP contribution in [0.25, 0.3) is 0 Å². The molecule has 0 N–H and O–H groups in total. The quantitative estimate of drug-likeness (QED) is 0.791. The summed E-state index contributed by atoms with van der Waals surface area (Å²) in [5.41, 5.74) is 0.586. The number of hydrogen-bond donors (Lipinski definition) is 0. The van der Waals surface area contributed by atoms with Gasteiger partial charge in [0.25, 0.3) is 5.91 Å². The van der Waals surface area contributed by atoms with E-state index in [1.165, 1.54) is 0 Å². The van der Waals surface area contributed by atoms with Gasteiger partial charge in [0.05, 0.1) is 11.6 Å². The van der Waals surface area contributed by atoms with Gasteiger partial charge in [0.1, 0.15) is 5.75 Å². The highest BCUT2D eigenvalue weighted by Crippen LogP contribution is 2.12. The number of amides is 1. The third-order valence-corrected chi connectivity index (χ3v) is 2.80. The predicted molar refractivity (Wildman–Crippen MR) is 62.5 cm³/mol. The second-order valence-electron chi connectivity index (χ2n) is 4.01. The molecule has 1 aromatic carbocycles. The SMILES string of the molecule is N#Cc1ccc(OCC(=O)N2CCCC2)cc1. The van der Waals surface area contributed by atoms with Crippen LogP contribution in [0, 0.1) is 11.3 Å². The summed E-state index contributed by atoms with van der Waals surface area (Å²) in [5, 5.41) is 8.64. The second kappa shape index (κ2) is 5.35. The molecule has 0 unspecified atom stereocenters. The van der Waals surface area contributed by atoms with Gasteiger partial charge >= 0.3 is 0 Å². The van der Waals surface area contributed by atoms with Crippen molar-refractivity contribution in [2.45, 2.75) is 12.8 Å². The summed E-state index contributed by atoms with van der Waals surface area (Å²) < 4.78 is 5.38. The first kappa shape index (κ1) is 11.5. The molecular weight excluding hydrogens is 216 g/mol. The molecule has 0 spiro atoms. The second-order valence-corrected chi connectivity index (χ2v) is 4.01. The molecule has 4 nitrogen and oxygen atoms in total. The first-order chi connectivity index (χ1) is 8.29. The maximum Gasteiger partial charge on any atom is 0.260 e. The van der Waals surface area contributed by atoms with E-state index in [9.17, 15) is 4.79 Å². The normalized spacial score (nSPS) is 14.4. The molecule has 4 heteroatoms. The molecule has 1 amide bonds. The summed E-state index contributed by atoms with van der Waals surface area (Å²) in [6.45, 7) is 1.76. The third kappa shape index (κ3) is 2.97. The van der Waals surface area contributed by atoms with Crippen molar-refractivity contribution in [3.05, 3.63) is 29.8 Å². The van der Waals surface area contributed by atoms with Gasteiger partial charge in [-0.1, -0.05) is 0 Å². The van der Waals surface area contributed by atoms with E-state index in [0.717, 1.165) is 25.9 Å². The van der Waals surface area contributed by atoms with Gasteiger partial charge in [-0.25, -0.2) is 0 Å². The minimum absolute atomic E-state index is 0.0341. The number of rotatable bonds is 3. The molecular formula is C13H14N2O2. The number of carbonyl (C=O) groups is 1. The molecule has 1 aromatic rings. The van der Waals surface area contributed by atoms with Gasteiger partial charge in [0, 0.05) is 13.1 Å². The van der Waals surface area contributed by atoms with Crippen molar-refractivity contribution in [1.29, 1.82) is 5.26 Å². The zero-order valence-corrected chi connectivity index (χ0v) is 9.56. The van der Waals surface area contributed by atoms with E-state index in [1.807, 2.05) is 11.0 Å². The average Bonchev–Trinajstić information content (AvgIpc) is 2.90. The van der Waals surface area contributed by atoms with E-state index in [4.69, 9.17) is 10.00 Å². The average molecular weight is 230 g/mol. The van der Waals surface area contributed by atoms with Crippen LogP contribution in [0.3, 0.4) is 0 Å². The molecule has 1 aliphatic heterocycles. The number of likely N-dealkylation sites (tertiary alicyclic amines) is 1. The fourth-order valence-corrected chi connectivity index (χ4v) is 1.83. The highest BCUT2D eigenvalue weighted by molar-refractivity contribution is 5.78. The van der Waals surface area contributed by atoms with Gasteiger partial charge in [-0.3, -0.25) is 4.79 Å². The lowest BCUT2D eigenvalue weighted by Crippen LogP contribution is -2.32. The van der Waals surface area contributed by atoms with Crippen LogP contribution in [-0.4, -0.2) is 30.5 Å². The Morgan fingerprint density at radius 2 is 1.94 bits per heavy atom. The topological polar surface area (TPSA) is 53.3 Å². The van der Waals surface area contributed by atoms with Crippen molar-refractivity contribution in [3.63, 3.8) is 0 Å². The van der Waals surface area contributed by atoms with E-state index in [1.54, 1.807) is 24.3 Å². The lowest BCUT2D eigenvalue weighted by molar-refractivity contribution is -0.132. The van der Waals surface area contributed by atoms with Crippen LogP contribution in [0.15, 0.2) is 24.3 Å². The van der Waals surface area contributed by atoms with Gasteiger partial charge in [-0.15, -0.1) is 0 Å². The largest absolute Gasteiger partial charge is 0.484 e. The van der Waals surface area contributed by atoms with Crippen LogP contribution in [0.5, 0.6) is 5.75 Å². The maximum absolute atomic E-state index is 11.7. The molecule has 0 aromatic heterocycles. The Morgan fingerprint density at radius 1 is 1.29 bits per heavy atom. The zero-order chi connectivity index (χ0) is 12.1. The van der Waals surface area contributed by atoms with Crippen LogP contribution in [0.2, 0.25) is 0 Å².